The van der Waals surface area contributed by atoms with Crippen molar-refractivity contribution < 1.29 is 0 Å². The third kappa shape index (κ3) is 4.02. The zero-order valence-electron chi connectivity index (χ0n) is 13.2. The second kappa shape index (κ2) is 7.01. The number of aromatic nitrogens is 1. The molecule has 0 radical (unpaired) electrons. The number of hydrogen-bond acceptors (Lipinski definition) is 3. The van der Waals surface area contributed by atoms with Crippen LogP contribution in [0.25, 0.3) is 10.9 Å². The van der Waals surface area contributed by atoms with Gasteiger partial charge in [0.15, 0.2) is 0 Å². The van der Waals surface area contributed by atoms with Crippen LogP contribution in [0.5, 0.6) is 0 Å². The van der Waals surface area contributed by atoms with Crippen LogP contribution in [0.2, 0.25) is 5.02 Å². The first kappa shape index (κ1) is 15.8. The summed E-state index contributed by atoms with van der Waals surface area (Å²) >= 11 is 6.02. The van der Waals surface area contributed by atoms with Crippen molar-refractivity contribution in [2.45, 2.75) is 25.4 Å². The highest BCUT2D eigenvalue weighted by Gasteiger charge is 2.17. The van der Waals surface area contributed by atoms with Gasteiger partial charge in [-0.3, -0.25) is 0 Å². The van der Waals surface area contributed by atoms with Crippen molar-refractivity contribution >= 4 is 22.5 Å². The van der Waals surface area contributed by atoms with E-state index in [1.54, 1.807) is 0 Å². The number of nitrogens with zero attached hydrogens (tertiary/aromatic N) is 1. The minimum absolute atomic E-state index is 0.420. The maximum atomic E-state index is 6.02. The van der Waals surface area contributed by atoms with Crippen molar-refractivity contribution in [1.29, 1.82) is 0 Å². The van der Waals surface area contributed by atoms with Crippen LogP contribution in [0.15, 0.2) is 49.4 Å². The van der Waals surface area contributed by atoms with E-state index in [-0.39, 0.29) is 0 Å². The van der Waals surface area contributed by atoms with Crippen molar-refractivity contribution in [3.8, 4) is 0 Å². The van der Waals surface area contributed by atoms with E-state index in [1.807, 2.05) is 24.4 Å². The number of rotatable bonds is 6. The van der Waals surface area contributed by atoms with Crippen LogP contribution in [0.4, 0.5) is 0 Å². The Balaban J connectivity index is 1.52. The van der Waals surface area contributed by atoms with E-state index < -0.39 is 0 Å². The summed E-state index contributed by atoms with van der Waals surface area (Å²) in [5.74, 6) is 0.859. The molecular weight excluding hydrogens is 308 g/mol. The van der Waals surface area contributed by atoms with Gasteiger partial charge in [-0.1, -0.05) is 24.8 Å². The number of fused-ring (bicyclic) bond motifs is 1. The van der Waals surface area contributed by atoms with Crippen LogP contribution < -0.4 is 10.6 Å². The number of aromatic amines is 1. The zero-order chi connectivity index (χ0) is 16.2. The van der Waals surface area contributed by atoms with Crippen LogP contribution in [-0.4, -0.2) is 29.0 Å². The fraction of sp³-hybridized carbons (Fsp3) is 0.333. The van der Waals surface area contributed by atoms with E-state index in [4.69, 9.17) is 11.6 Å². The molecule has 1 aromatic heterocycles. The Morgan fingerprint density at radius 1 is 1.43 bits per heavy atom. The highest BCUT2D eigenvalue weighted by Crippen LogP contribution is 2.20. The Morgan fingerprint density at radius 2 is 2.30 bits per heavy atom. The summed E-state index contributed by atoms with van der Waals surface area (Å²) in [6.45, 7) is 10.7. The molecule has 1 fully saturated rings. The lowest BCUT2D eigenvalue weighted by Gasteiger charge is -2.33. The molecule has 1 atom stereocenters. The van der Waals surface area contributed by atoms with E-state index in [1.165, 1.54) is 6.42 Å². The van der Waals surface area contributed by atoms with Crippen LogP contribution in [-0.2, 0) is 6.54 Å². The standard InChI is InChI=1S/C18H23ClN4/c1-3-23-8-4-5-16(12-23)21-13(2)20-11-17-10-14-9-15(19)6-7-18(14)22-17/h3,6-7,9-10,16,20-22H,1-2,4-5,8,11-12H2. The first-order valence-electron chi connectivity index (χ1n) is 7.97. The fourth-order valence-corrected chi connectivity index (χ4v) is 3.23. The first-order valence-corrected chi connectivity index (χ1v) is 8.35. The highest BCUT2D eigenvalue weighted by atomic mass is 35.5. The van der Waals surface area contributed by atoms with Gasteiger partial charge in [-0.2, -0.15) is 0 Å². The zero-order valence-corrected chi connectivity index (χ0v) is 14.0. The first-order chi connectivity index (χ1) is 11.1. The van der Waals surface area contributed by atoms with Gasteiger partial charge >= 0.3 is 0 Å². The van der Waals surface area contributed by atoms with Crippen molar-refractivity contribution in [2.75, 3.05) is 13.1 Å². The van der Waals surface area contributed by atoms with Gasteiger partial charge < -0.3 is 20.5 Å². The summed E-state index contributed by atoms with van der Waals surface area (Å²) in [4.78, 5) is 5.63. The van der Waals surface area contributed by atoms with Gasteiger partial charge in [0, 0.05) is 40.8 Å². The predicted octanol–water partition coefficient (Wildman–Crippen LogP) is 3.58. The molecule has 4 nitrogen and oxygen atoms in total. The number of H-pyrrole nitrogens is 1. The molecule has 23 heavy (non-hydrogen) atoms. The van der Waals surface area contributed by atoms with Crippen molar-refractivity contribution in [3.63, 3.8) is 0 Å². The molecule has 2 heterocycles. The largest absolute Gasteiger partial charge is 0.376 e. The average Bonchev–Trinajstić information content (AvgIpc) is 2.95. The second-order valence-corrected chi connectivity index (χ2v) is 6.46. The summed E-state index contributed by atoms with van der Waals surface area (Å²) in [5.41, 5.74) is 2.21. The number of likely N-dealkylation sites (tertiary alicyclic amines) is 1. The summed E-state index contributed by atoms with van der Waals surface area (Å²) in [6.07, 6.45) is 4.26. The van der Waals surface area contributed by atoms with E-state index in [9.17, 15) is 0 Å². The Morgan fingerprint density at radius 3 is 3.13 bits per heavy atom. The molecule has 5 heteroatoms. The number of halogens is 1. The topological polar surface area (TPSA) is 43.1 Å². The van der Waals surface area contributed by atoms with Gasteiger partial charge in [-0.15, -0.1) is 0 Å². The van der Waals surface area contributed by atoms with E-state index in [0.717, 1.165) is 47.0 Å². The van der Waals surface area contributed by atoms with E-state index >= 15 is 0 Å². The average molecular weight is 331 g/mol. The Hall–Kier alpha value is -2.07. The summed E-state index contributed by atoms with van der Waals surface area (Å²) < 4.78 is 0. The molecule has 0 bridgehead atoms. The predicted molar refractivity (Wildman–Crippen MR) is 97.2 cm³/mol. The third-order valence-electron chi connectivity index (χ3n) is 4.22. The minimum Gasteiger partial charge on any atom is -0.376 e. The molecule has 0 amide bonds. The molecule has 1 aliphatic rings. The van der Waals surface area contributed by atoms with Crippen LogP contribution in [0, 0.1) is 0 Å². The van der Waals surface area contributed by atoms with Crippen molar-refractivity contribution in [1.82, 2.24) is 20.5 Å². The molecule has 1 saturated heterocycles. The number of nitrogens with one attached hydrogen (secondary N) is 3. The van der Waals surface area contributed by atoms with E-state index in [2.05, 4.69) is 39.7 Å². The smallest absolute Gasteiger partial charge is 0.0918 e. The molecule has 1 aliphatic heterocycles. The SMILES string of the molecule is C=CN1CCCC(NC(=C)NCc2cc3cc(Cl)ccc3[nH]2)C1. The molecule has 1 unspecified atom stereocenters. The van der Waals surface area contributed by atoms with E-state index in [0.29, 0.717) is 12.6 Å². The fourth-order valence-electron chi connectivity index (χ4n) is 3.05. The van der Waals surface area contributed by atoms with Gasteiger partial charge in [0.1, 0.15) is 0 Å². The number of piperidine rings is 1. The van der Waals surface area contributed by atoms with Gasteiger partial charge in [0.05, 0.1) is 12.4 Å². The van der Waals surface area contributed by atoms with Gasteiger partial charge in [0.25, 0.3) is 0 Å². The van der Waals surface area contributed by atoms with Crippen LogP contribution in [0.1, 0.15) is 18.5 Å². The van der Waals surface area contributed by atoms with Gasteiger partial charge in [0.2, 0.25) is 0 Å². The number of hydrogen-bond donors (Lipinski definition) is 3. The van der Waals surface area contributed by atoms with Crippen molar-refractivity contribution in [2.24, 2.45) is 0 Å². The summed E-state index contributed by atoms with van der Waals surface area (Å²) in [7, 11) is 0. The third-order valence-corrected chi connectivity index (χ3v) is 4.46. The number of benzene rings is 1. The molecule has 3 rings (SSSR count). The van der Waals surface area contributed by atoms with Crippen LogP contribution >= 0.6 is 11.6 Å². The summed E-state index contributed by atoms with van der Waals surface area (Å²) in [5, 5.41) is 8.69. The highest BCUT2D eigenvalue weighted by molar-refractivity contribution is 6.31. The van der Waals surface area contributed by atoms with Gasteiger partial charge in [-0.05, 0) is 43.3 Å². The van der Waals surface area contributed by atoms with Gasteiger partial charge in [-0.25, -0.2) is 0 Å². The molecule has 0 saturated carbocycles. The normalized spacial score (nSPS) is 18.0. The lowest BCUT2D eigenvalue weighted by atomic mass is 10.1. The summed E-state index contributed by atoms with van der Waals surface area (Å²) in [6, 6.07) is 8.40. The quantitative estimate of drug-likeness (QED) is 0.758. The van der Waals surface area contributed by atoms with Crippen molar-refractivity contribution in [3.05, 3.63) is 60.2 Å². The molecule has 122 valence electrons. The molecule has 1 aromatic carbocycles. The minimum atomic E-state index is 0.420. The molecular formula is C18H23ClN4. The Kier molecular flexibility index (Phi) is 4.82. The lowest BCUT2D eigenvalue weighted by molar-refractivity contribution is 0.259. The molecule has 2 aromatic rings. The maximum Gasteiger partial charge on any atom is 0.0918 e. The monoisotopic (exact) mass is 330 g/mol. The molecule has 3 N–H and O–H groups in total. The molecule has 0 spiro atoms. The maximum absolute atomic E-state index is 6.02. The lowest BCUT2D eigenvalue weighted by Crippen LogP contribution is -2.44. The van der Waals surface area contributed by atoms with Crippen LogP contribution in [0.3, 0.4) is 0 Å². The second-order valence-electron chi connectivity index (χ2n) is 6.02. The Labute approximate surface area is 142 Å². The molecule has 0 aliphatic carbocycles. The Bertz CT molecular complexity index is 706.